The summed E-state index contributed by atoms with van der Waals surface area (Å²) < 4.78 is 10.5. The Hall–Kier alpha value is -2.90. The van der Waals surface area contributed by atoms with Gasteiger partial charge in [-0.15, -0.1) is 10.2 Å². The second-order valence-electron chi connectivity index (χ2n) is 5.84. The van der Waals surface area contributed by atoms with Gasteiger partial charge in [-0.25, -0.2) is 0 Å². The molecule has 0 radical (unpaired) electrons. The number of anilines is 1. The third-order valence-electron chi connectivity index (χ3n) is 3.83. The third kappa shape index (κ3) is 4.68. The first kappa shape index (κ1) is 19.9. The maximum absolute atomic E-state index is 12.4. The lowest BCUT2D eigenvalue weighted by Crippen LogP contribution is -2.11. The van der Waals surface area contributed by atoms with E-state index in [0.717, 1.165) is 22.5 Å². The fourth-order valence-corrected chi connectivity index (χ4v) is 3.31. The summed E-state index contributed by atoms with van der Waals surface area (Å²) in [5.74, 6) is 0.890. The van der Waals surface area contributed by atoms with Crippen LogP contribution in [-0.4, -0.2) is 30.3 Å². The summed E-state index contributed by atoms with van der Waals surface area (Å²) in [7, 11) is 3.14. The molecule has 144 valence electrons. The number of aromatic nitrogens is 2. The molecule has 0 aliphatic heterocycles. The van der Waals surface area contributed by atoms with Crippen LogP contribution in [0.1, 0.15) is 25.9 Å². The van der Waals surface area contributed by atoms with E-state index in [0.29, 0.717) is 27.2 Å². The van der Waals surface area contributed by atoms with Crippen LogP contribution in [0, 0.1) is 6.92 Å². The molecule has 3 rings (SSSR count). The minimum absolute atomic E-state index is 0.231. The molecule has 1 amide bonds. The summed E-state index contributed by atoms with van der Waals surface area (Å²) in [4.78, 5) is 12.4. The average molecular weight is 416 g/mol. The quantitative estimate of drug-likeness (QED) is 0.622. The van der Waals surface area contributed by atoms with Crippen molar-refractivity contribution in [2.45, 2.75) is 6.92 Å². The van der Waals surface area contributed by atoms with Crippen LogP contribution in [0.15, 0.2) is 42.5 Å². The first-order valence-corrected chi connectivity index (χ1v) is 9.50. The Balaban J connectivity index is 1.76. The van der Waals surface area contributed by atoms with Crippen LogP contribution < -0.4 is 14.8 Å². The van der Waals surface area contributed by atoms with E-state index in [2.05, 4.69) is 15.5 Å². The van der Waals surface area contributed by atoms with Gasteiger partial charge in [0.25, 0.3) is 5.91 Å². The van der Waals surface area contributed by atoms with Crippen LogP contribution in [0.3, 0.4) is 0 Å². The molecule has 0 aliphatic carbocycles. The number of ether oxygens (including phenoxy) is 2. The van der Waals surface area contributed by atoms with Gasteiger partial charge in [-0.1, -0.05) is 46.7 Å². The molecule has 0 saturated heterocycles. The zero-order valence-electron chi connectivity index (χ0n) is 15.5. The van der Waals surface area contributed by atoms with Gasteiger partial charge in [0, 0.05) is 5.69 Å². The predicted molar refractivity (Wildman–Crippen MR) is 112 cm³/mol. The molecule has 2 aromatic carbocycles. The molecular weight excluding hydrogens is 398 g/mol. The largest absolute Gasteiger partial charge is 0.493 e. The van der Waals surface area contributed by atoms with E-state index in [-0.39, 0.29) is 10.9 Å². The predicted octanol–water partition coefficient (Wildman–Crippen LogP) is 4.85. The highest BCUT2D eigenvalue weighted by molar-refractivity contribution is 7.15. The fraction of sp³-hybridized carbons (Fsp3) is 0.150. The Kier molecular flexibility index (Phi) is 6.28. The number of nitrogens with zero attached hydrogens (tertiary/aromatic N) is 2. The molecule has 1 heterocycles. The highest BCUT2D eigenvalue weighted by Gasteiger charge is 2.15. The van der Waals surface area contributed by atoms with Gasteiger partial charge in [-0.05, 0) is 42.8 Å². The van der Waals surface area contributed by atoms with Gasteiger partial charge >= 0.3 is 0 Å². The van der Waals surface area contributed by atoms with Gasteiger partial charge in [0.2, 0.25) is 5.01 Å². The van der Waals surface area contributed by atoms with Crippen LogP contribution in [-0.2, 0) is 0 Å². The molecule has 0 fully saturated rings. The van der Waals surface area contributed by atoms with E-state index in [1.165, 1.54) is 0 Å². The molecule has 3 aromatic rings. The van der Waals surface area contributed by atoms with Crippen LogP contribution in [0.4, 0.5) is 5.69 Å². The van der Waals surface area contributed by atoms with Crippen LogP contribution in [0.25, 0.3) is 11.1 Å². The minimum Gasteiger partial charge on any atom is -0.493 e. The number of rotatable bonds is 6. The Morgan fingerprint density at radius 2 is 1.71 bits per heavy atom. The highest BCUT2D eigenvalue weighted by atomic mass is 35.5. The van der Waals surface area contributed by atoms with Gasteiger partial charge in [-0.2, -0.15) is 0 Å². The van der Waals surface area contributed by atoms with Crippen LogP contribution in [0.5, 0.6) is 11.5 Å². The summed E-state index contributed by atoms with van der Waals surface area (Å²) in [6.07, 6.45) is 1.73. The number of carbonyl (C=O) groups excluding carboxylic acids is 1. The Morgan fingerprint density at radius 1 is 1.04 bits per heavy atom. The molecule has 0 atom stereocenters. The van der Waals surface area contributed by atoms with E-state index < -0.39 is 0 Å². The fourth-order valence-electron chi connectivity index (χ4n) is 2.38. The van der Waals surface area contributed by atoms with Crippen molar-refractivity contribution in [2.75, 3.05) is 19.5 Å². The maximum Gasteiger partial charge on any atom is 0.286 e. The smallest absolute Gasteiger partial charge is 0.286 e. The zero-order chi connectivity index (χ0) is 20.1. The second kappa shape index (κ2) is 8.86. The van der Waals surface area contributed by atoms with Gasteiger partial charge in [-0.3, -0.25) is 4.79 Å². The summed E-state index contributed by atoms with van der Waals surface area (Å²) in [5.41, 5.74) is 2.62. The number of carbonyl (C=O) groups is 1. The summed E-state index contributed by atoms with van der Waals surface area (Å²) in [6, 6.07) is 12.9. The molecule has 28 heavy (non-hydrogen) atoms. The van der Waals surface area contributed by atoms with Gasteiger partial charge in [0.15, 0.2) is 16.5 Å². The van der Waals surface area contributed by atoms with E-state index in [9.17, 15) is 4.79 Å². The molecule has 0 spiro atoms. The molecule has 0 aliphatic rings. The number of hydrogen-bond acceptors (Lipinski definition) is 6. The molecule has 0 saturated carbocycles. The molecular formula is C20H18ClN3O3S. The van der Waals surface area contributed by atoms with Gasteiger partial charge in [0.05, 0.1) is 19.3 Å². The number of benzene rings is 2. The lowest BCUT2D eigenvalue weighted by Gasteiger charge is -2.07. The molecule has 8 heteroatoms. The monoisotopic (exact) mass is 415 g/mol. The number of aryl methyl sites for hydroxylation is 1. The maximum atomic E-state index is 12.4. The summed E-state index contributed by atoms with van der Waals surface area (Å²) in [5, 5.41) is 11.8. The Bertz CT molecular complexity index is 1020. The summed E-state index contributed by atoms with van der Waals surface area (Å²) in [6.45, 7) is 1.98. The first-order chi connectivity index (χ1) is 13.5. The van der Waals surface area contributed by atoms with Gasteiger partial charge < -0.3 is 14.8 Å². The molecule has 0 bridgehead atoms. The van der Waals surface area contributed by atoms with Crippen LogP contribution in [0.2, 0.25) is 0 Å². The van der Waals surface area contributed by atoms with Crippen molar-refractivity contribution < 1.29 is 14.3 Å². The zero-order valence-corrected chi connectivity index (χ0v) is 17.1. The topological polar surface area (TPSA) is 73.3 Å². The van der Waals surface area contributed by atoms with Crippen molar-refractivity contribution in [1.82, 2.24) is 10.2 Å². The van der Waals surface area contributed by atoms with Gasteiger partial charge in [0.1, 0.15) is 0 Å². The first-order valence-electron chi connectivity index (χ1n) is 8.31. The SMILES string of the molecule is COc1ccc(/C=C(\Cl)c2nnc(C(=O)Nc3ccc(C)cc3)s2)cc1OC. The Labute approximate surface area is 171 Å². The van der Waals surface area contributed by atoms with Crippen LogP contribution >= 0.6 is 22.9 Å². The number of nitrogens with one attached hydrogen (secondary N) is 1. The number of halogens is 1. The van der Waals surface area contributed by atoms with Crippen molar-refractivity contribution in [3.8, 4) is 11.5 Å². The van der Waals surface area contributed by atoms with E-state index >= 15 is 0 Å². The standard InChI is InChI=1S/C20H18ClN3O3S/c1-12-4-7-14(8-5-12)22-18(25)20-24-23-19(28-20)15(21)10-13-6-9-16(26-2)17(11-13)27-3/h4-11H,1-3H3,(H,22,25)/b15-10-. The van der Waals surface area contributed by atoms with E-state index in [1.54, 1.807) is 32.4 Å². The van der Waals surface area contributed by atoms with Crippen molar-refractivity contribution in [2.24, 2.45) is 0 Å². The number of hydrogen-bond donors (Lipinski definition) is 1. The lowest BCUT2D eigenvalue weighted by atomic mass is 10.2. The third-order valence-corrected chi connectivity index (χ3v) is 5.19. The van der Waals surface area contributed by atoms with Crippen molar-refractivity contribution in [1.29, 1.82) is 0 Å². The molecule has 6 nitrogen and oxygen atoms in total. The average Bonchev–Trinajstić information content (AvgIpc) is 3.20. The van der Waals surface area contributed by atoms with Crippen molar-refractivity contribution in [3.63, 3.8) is 0 Å². The number of methoxy groups -OCH3 is 2. The summed E-state index contributed by atoms with van der Waals surface area (Å²) >= 11 is 7.49. The molecule has 0 unspecified atom stereocenters. The molecule has 1 aromatic heterocycles. The van der Waals surface area contributed by atoms with E-state index in [4.69, 9.17) is 21.1 Å². The highest BCUT2D eigenvalue weighted by Crippen LogP contribution is 2.31. The van der Waals surface area contributed by atoms with Crippen molar-refractivity contribution in [3.05, 3.63) is 63.6 Å². The van der Waals surface area contributed by atoms with Crippen molar-refractivity contribution >= 4 is 45.6 Å². The second-order valence-corrected chi connectivity index (χ2v) is 7.22. The lowest BCUT2D eigenvalue weighted by molar-refractivity contribution is 0.102. The Morgan fingerprint density at radius 3 is 2.39 bits per heavy atom. The molecule has 1 N–H and O–H groups in total. The normalized spacial score (nSPS) is 11.2. The van der Waals surface area contributed by atoms with E-state index in [1.807, 2.05) is 37.3 Å². The number of amides is 1. The minimum atomic E-state index is -0.330.